The van der Waals surface area contributed by atoms with Crippen molar-refractivity contribution >= 4 is 10.0 Å². The lowest BCUT2D eigenvalue weighted by molar-refractivity contribution is 0.171. The van der Waals surface area contributed by atoms with E-state index >= 15 is 0 Å². The van der Waals surface area contributed by atoms with Crippen LogP contribution < -0.4 is 0 Å². The monoisotopic (exact) mass is 319 g/mol. The molecule has 0 amide bonds. The summed E-state index contributed by atoms with van der Waals surface area (Å²) in [7, 11) is -3.13. The molecular weight excluding hydrogens is 304 g/mol. The van der Waals surface area contributed by atoms with Crippen LogP contribution in [0.5, 0.6) is 0 Å². The highest BCUT2D eigenvalue weighted by molar-refractivity contribution is 7.89. The second-order valence-electron chi connectivity index (χ2n) is 4.36. The van der Waals surface area contributed by atoms with Crippen molar-refractivity contribution in [2.24, 2.45) is 0 Å². The third kappa shape index (κ3) is 4.22. The van der Waals surface area contributed by atoms with Crippen molar-refractivity contribution in [3.05, 3.63) is 29.3 Å². The van der Waals surface area contributed by atoms with Crippen molar-refractivity contribution in [2.75, 3.05) is 20.2 Å². The van der Waals surface area contributed by atoms with Gasteiger partial charge in [0.05, 0.1) is 11.7 Å². The van der Waals surface area contributed by atoms with E-state index in [1.807, 2.05) is 0 Å². The topological polar surface area (TPSA) is 77.8 Å². The summed E-state index contributed by atoms with van der Waals surface area (Å²) in [6.07, 6.45) is -0.958. The van der Waals surface area contributed by atoms with Gasteiger partial charge >= 0.3 is 0 Å². The number of likely N-dealkylation sites (N-methyl/N-ethyl adjacent to an activating group) is 1. The molecule has 0 aliphatic rings. The summed E-state index contributed by atoms with van der Waals surface area (Å²) in [4.78, 5) is -0.784. The number of hydrogen-bond acceptors (Lipinski definition) is 4. The van der Waals surface area contributed by atoms with Gasteiger partial charge in [-0.2, -0.15) is 4.31 Å². The molecule has 0 bridgehead atoms. The molecule has 5 nitrogen and oxygen atoms in total. The number of hydrogen-bond donors (Lipinski definition) is 2. The predicted octanol–water partition coefficient (Wildman–Crippen LogP) is 0.310. The van der Waals surface area contributed by atoms with Gasteiger partial charge in [-0.3, -0.25) is 0 Å². The molecule has 0 fully saturated rings. The van der Waals surface area contributed by atoms with E-state index in [9.17, 15) is 22.3 Å². The average Bonchev–Trinajstić information content (AvgIpc) is 2.34. The Balaban J connectivity index is 3.47. The third-order valence-corrected chi connectivity index (χ3v) is 4.40. The quantitative estimate of drug-likeness (QED) is 0.783. The van der Waals surface area contributed by atoms with Crippen LogP contribution in [-0.2, 0) is 10.0 Å². The maximum absolute atomic E-state index is 13.9. The Morgan fingerprint density at radius 3 is 2.52 bits per heavy atom. The Hall–Kier alpha value is -1.53. The second kappa shape index (κ2) is 6.95. The first-order valence-corrected chi connectivity index (χ1v) is 7.37. The number of halogens is 2. The SMILES string of the molecule is CC(O)CN(C)S(=O)(=O)c1c(F)cc(F)cc1C#CCO. The van der Waals surface area contributed by atoms with Gasteiger partial charge in [0, 0.05) is 19.7 Å². The number of benzene rings is 1. The van der Waals surface area contributed by atoms with Crippen molar-refractivity contribution in [3.8, 4) is 11.8 Å². The Labute approximate surface area is 121 Å². The number of rotatable bonds is 4. The van der Waals surface area contributed by atoms with Gasteiger partial charge in [-0.15, -0.1) is 0 Å². The Kier molecular flexibility index (Phi) is 5.80. The molecule has 1 aromatic carbocycles. The fraction of sp³-hybridized carbons (Fsp3) is 0.385. The lowest BCUT2D eigenvalue weighted by atomic mass is 10.2. The minimum atomic E-state index is -4.30. The van der Waals surface area contributed by atoms with E-state index < -0.39 is 39.3 Å². The predicted molar refractivity (Wildman–Crippen MR) is 71.8 cm³/mol. The summed E-state index contributed by atoms with van der Waals surface area (Å²) in [6.45, 7) is 0.534. The van der Waals surface area contributed by atoms with Gasteiger partial charge < -0.3 is 10.2 Å². The molecule has 8 heteroatoms. The number of nitrogens with zero attached hydrogens (tertiary/aromatic N) is 1. The molecule has 116 valence electrons. The van der Waals surface area contributed by atoms with Crippen molar-refractivity contribution < 1.29 is 27.4 Å². The van der Waals surface area contributed by atoms with Gasteiger partial charge in [0.2, 0.25) is 10.0 Å². The normalized spacial score (nSPS) is 12.9. The van der Waals surface area contributed by atoms with Crippen LogP contribution in [0.25, 0.3) is 0 Å². The molecule has 2 N–H and O–H groups in total. The number of aliphatic hydroxyl groups excluding tert-OH is 2. The maximum Gasteiger partial charge on any atom is 0.247 e. The average molecular weight is 319 g/mol. The zero-order valence-electron chi connectivity index (χ0n) is 11.5. The minimum Gasteiger partial charge on any atom is -0.392 e. The van der Waals surface area contributed by atoms with Crippen LogP contribution >= 0.6 is 0 Å². The van der Waals surface area contributed by atoms with Crippen molar-refractivity contribution in [2.45, 2.75) is 17.9 Å². The van der Waals surface area contributed by atoms with Gasteiger partial charge in [0.15, 0.2) is 0 Å². The van der Waals surface area contributed by atoms with Crippen molar-refractivity contribution in [1.82, 2.24) is 4.31 Å². The van der Waals surface area contributed by atoms with Crippen molar-refractivity contribution in [1.29, 1.82) is 0 Å². The smallest absolute Gasteiger partial charge is 0.247 e. The first-order chi connectivity index (χ1) is 9.70. The molecular formula is C13H15F2NO4S. The van der Waals surface area contributed by atoms with E-state index in [1.54, 1.807) is 0 Å². The molecule has 1 rings (SSSR count). The highest BCUT2D eigenvalue weighted by Gasteiger charge is 2.28. The zero-order chi connectivity index (χ0) is 16.2. The standard InChI is InChI=1S/C13H15F2NO4S/c1-9(18)8-16(2)21(19,20)13-10(4-3-5-17)6-11(14)7-12(13)15/h6-7,9,17-18H,5,8H2,1-2H3. The maximum atomic E-state index is 13.9. The largest absolute Gasteiger partial charge is 0.392 e. The molecule has 0 radical (unpaired) electrons. The fourth-order valence-corrected chi connectivity index (χ4v) is 3.09. The van der Waals surface area contributed by atoms with E-state index in [-0.39, 0.29) is 12.1 Å². The Morgan fingerprint density at radius 1 is 1.38 bits per heavy atom. The van der Waals surface area contributed by atoms with Gasteiger partial charge in [-0.05, 0) is 13.0 Å². The molecule has 0 spiro atoms. The van der Waals surface area contributed by atoms with E-state index in [1.165, 1.54) is 6.92 Å². The van der Waals surface area contributed by atoms with E-state index in [2.05, 4.69) is 11.8 Å². The van der Waals surface area contributed by atoms with Crippen molar-refractivity contribution in [3.63, 3.8) is 0 Å². The summed E-state index contributed by atoms with van der Waals surface area (Å²) in [5.41, 5.74) is -0.390. The van der Waals surface area contributed by atoms with Crippen LogP contribution in [0.3, 0.4) is 0 Å². The fourth-order valence-electron chi connectivity index (χ4n) is 1.68. The van der Waals surface area contributed by atoms with Gasteiger partial charge in [-0.25, -0.2) is 17.2 Å². The highest BCUT2D eigenvalue weighted by atomic mass is 32.2. The van der Waals surface area contributed by atoms with Crippen LogP contribution in [0.15, 0.2) is 17.0 Å². The van der Waals surface area contributed by atoms with Crippen LogP contribution in [-0.4, -0.2) is 49.2 Å². The van der Waals surface area contributed by atoms with Gasteiger partial charge in [0.1, 0.15) is 23.1 Å². The van der Waals surface area contributed by atoms with Gasteiger partial charge in [-0.1, -0.05) is 11.8 Å². The first-order valence-electron chi connectivity index (χ1n) is 5.93. The molecule has 0 aliphatic heterocycles. The van der Waals surface area contributed by atoms with Crippen LogP contribution in [0.1, 0.15) is 12.5 Å². The van der Waals surface area contributed by atoms with Crippen LogP contribution in [0.2, 0.25) is 0 Å². The molecule has 0 aliphatic carbocycles. The highest BCUT2D eigenvalue weighted by Crippen LogP contribution is 2.24. The summed E-state index contributed by atoms with van der Waals surface area (Å²) in [5.74, 6) is 2.10. The number of aliphatic hydroxyl groups is 2. The van der Waals surface area contributed by atoms with Crippen LogP contribution in [0, 0.1) is 23.5 Å². The lowest BCUT2D eigenvalue weighted by Gasteiger charge is -2.19. The summed E-state index contributed by atoms with van der Waals surface area (Å²) >= 11 is 0. The lowest BCUT2D eigenvalue weighted by Crippen LogP contribution is -2.34. The summed E-state index contributed by atoms with van der Waals surface area (Å²) < 4.78 is 52.5. The molecule has 1 unspecified atom stereocenters. The Bertz CT molecular complexity index is 677. The molecule has 0 heterocycles. The molecule has 0 saturated carbocycles. The van der Waals surface area contributed by atoms with E-state index in [4.69, 9.17) is 5.11 Å². The van der Waals surface area contributed by atoms with Crippen LogP contribution in [0.4, 0.5) is 8.78 Å². The molecule has 1 aromatic rings. The van der Waals surface area contributed by atoms with E-state index in [0.29, 0.717) is 6.07 Å². The first kappa shape index (κ1) is 17.5. The number of sulfonamides is 1. The van der Waals surface area contributed by atoms with E-state index in [0.717, 1.165) is 17.4 Å². The molecule has 0 aromatic heterocycles. The molecule has 21 heavy (non-hydrogen) atoms. The summed E-state index contributed by atoms with van der Waals surface area (Å²) in [5, 5.41) is 17.9. The summed E-state index contributed by atoms with van der Waals surface area (Å²) in [6, 6.07) is 1.21. The Morgan fingerprint density at radius 2 is 2.00 bits per heavy atom. The zero-order valence-corrected chi connectivity index (χ0v) is 12.3. The van der Waals surface area contributed by atoms with Gasteiger partial charge in [0.25, 0.3) is 0 Å². The minimum absolute atomic E-state index is 0.258. The molecule has 1 atom stereocenters. The third-order valence-electron chi connectivity index (χ3n) is 2.50. The second-order valence-corrected chi connectivity index (χ2v) is 6.34. The molecule has 0 saturated heterocycles.